The Bertz CT molecular complexity index is 263. The molecule has 0 atom stereocenters. The molecule has 19 heavy (non-hydrogen) atoms. The highest BCUT2D eigenvalue weighted by Gasteiger charge is 2.46. The van der Waals surface area contributed by atoms with Crippen LogP contribution >= 0.6 is 0 Å². The number of morpholine rings is 1. The van der Waals surface area contributed by atoms with Crippen LogP contribution in [0.15, 0.2) is 0 Å². The third kappa shape index (κ3) is 3.95. The Morgan fingerprint density at radius 3 is 2.00 bits per heavy atom. The average Bonchev–Trinajstić information content (AvgIpc) is 2.27. The van der Waals surface area contributed by atoms with Crippen LogP contribution in [-0.4, -0.2) is 24.3 Å². The van der Waals surface area contributed by atoms with E-state index in [0.29, 0.717) is 11.8 Å². The minimum atomic E-state index is 0.0813. The molecule has 0 aromatic rings. The van der Waals surface area contributed by atoms with Gasteiger partial charge < -0.3 is 10.1 Å². The third-order valence-electron chi connectivity index (χ3n) is 4.65. The maximum atomic E-state index is 6.86. The van der Waals surface area contributed by atoms with E-state index in [2.05, 4.69) is 33.0 Å². The molecule has 0 bridgehead atoms. The number of hydrogen-bond acceptors (Lipinski definition) is 2. The summed E-state index contributed by atoms with van der Waals surface area (Å²) in [6.07, 6.45) is 9.00. The highest BCUT2D eigenvalue weighted by atomic mass is 16.5. The lowest BCUT2D eigenvalue weighted by Crippen LogP contribution is -2.61. The van der Waals surface area contributed by atoms with Gasteiger partial charge >= 0.3 is 0 Å². The molecule has 0 amide bonds. The highest BCUT2D eigenvalue weighted by molar-refractivity contribution is 4.98. The van der Waals surface area contributed by atoms with Gasteiger partial charge in [-0.25, -0.2) is 0 Å². The Labute approximate surface area is 119 Å². The standard InChI is InChI=1S/C17H33NO/c1-14(2)10-17(11-15(3)4)13-18-12-16(19-17)8-6-5-7-9-16/h14-15,18H,5-13H2,1-4H3. The molecule has 1 heterocycles. The fraction of sp³-hybridized carbons (Fsp3) is 1.00. The van der Waals surface area contributed by atoms with Crippen LogP contribution in [0.1, 0.15) is 72.6 Å². The second-order valence-corrected chi connectivity index (χ2v) is 7.83. The van der Waals surface area contributed by atoms with Crippen LogP contribution in [0.4, 0.5) is 0 Å². The van der Waals surface area contributed by atoms with E-state index in [1.54, 1.807) is 0 Å². The topological polar surface area (TPSA) is 21.3 Å². The molecule has 0 aromatic heterocycles. The normalized spacial score (nSPS) is 26.2. The summed E-state index contributed by atoms with van der Waals surface area (Å²) in [5.74, 6) is 1.42. The van der Waals surface area contributed by atoms with Gasteiger partial charge in [-0.1, -0.05) is 47.0 Å². The summed E-state index contributed by atoms with van der Waals surface area (Å²) in [5.41, 5.74) is 0.234. The summed E-state index contributed by atoms with van der Waals surface area (Å²) in [6.45, 7) is 11.4. The smallest absolute Gasteiger partial charge is 0.0819 e. The van der Waals surface area contributed by atoms with Crippen molar-refractivity contribution in [1.29, 1.82) is 0 Å². The molecular weight excluding hydrogens is 234 g/mol. The van der Waals surface area contributed by atoms with Crippen LogP contribution in [0.2, 0.25) is 0 Å². The van der Waals surface area contributed by atoms with Crippen LogP contribution in [0.25, 0.3) is 0 Å². The first kappa shape index (κ1) is 15.3. The average molecular weight is 267 g/mol. The molecule has 1 saturated carbocycles. The van der Waals surface area contributed by atoms with E-state index in [1.807, 2.05) is 0 Å². The second kappa shape index (κ2) is 6.13. The highest BCUT2D eigenvalue weighted by Crippen LogP contribution is 2.41. The minimum absolute atomic E-state index is 0.0813. The van der Waals surface area contributed by atoms with Gasteiger partial charge in [0.15, 0.2) is 0 Å². The quantitative estimate of drug-likeness (QED) is 0.826. The van der Waals surface area contributed by atoms with E-state index in [1.165, 1.54) is 44.9 Å². The molecular formula is C17H33NO. The van der Waals surface area contributed by atoms with Crippen molar-refractivity contribution in [2.45, 2.75) is 83.8 Å². The molecule has 2 heteroatoms. The van der Waals surface area contributed by atoms with Crippen molar-refractivity contribution in [2.75, 3.05) is 13.1 Å². The predicted octanol–water partition coefficient (Wildman–Crippen LogP) is 4.14. The molecule has 1 aliphatic carbocycles. The first-order valence-corrected chi connectivity index (χ1v) is 8.36. The zero-order valence-electron chi connectivity index (χ0n) is 13.4. The van der Waals surface area contributed by atoms with Crippen LogP contribution in [0, 0.1) is 11.8 Å². The molecule has 1 spiro atoms. The fourth-order valence-electron chi connectivity index (χ4n) is 4.32. The van der Waals surface area contributed by atoms with Gasteiger partial charge in [-0.2, -0.15) is 0 Å². The molecule has 1 aliphatic heterocycles. The summed E-state index contributed by atoms with van der Waals surface area (Å²) in [4.78, 5) is 0. The molecule has 2 rings (SSSR count). The van der Waals surface area contributed by atoms with E-state index < -0.39 is 0 Å². The number of ether oxygens (including phenoxy) is 1. The van der Waals surface area contributed by atoms with Crippen molar-refractivity contribution in [3.05, 3.63) is 0 Å². The molecule has 1 saturated heterocycles. The summed E-state index contributed by atoms with van der Waals surface area (Å²) in [6, 6.07) is 0. The number of hydrogen-bond donors (Lipinski definition) is 1. The maximum Gasteiger partial charge on any atom is 0.0819 e. The van der Waals surface area contributed by atoms with Gasteiger partial charge in [0.25, 0.3) is 0 Å². The lowest BCUT2D eigenvalue weighted by atomic mass is 9.78. The lowest BCUT2D eigenvalue weighted by Gasteiger charge is -2.52. The molecule has 2 nitrogen and oxygen atoms in total. The van der Waals surface area contributed by atoms with Crippen molar-refractivity contribution in [1.82, 2.24) is 5.32 Å². The molecule has 0 unspecified atom stereocenters. The van der Waals surface area contributed by atoms with Gasteiger partial charge in [0, 0.05) is 13.1 Å². The van der Waals surface area contributed by atoms with Gasteiger partial charge in [0.05, 0.1) is 11.2 Å². The Balaban J connectivity index is 2.12. The zero-order chi connectivity index (χ0) is 13.9. The van der Waals surface area contributed by atoms with E-state index in [0.717, 1.165) is 13.1 Å². The van der Waals surface area contributed by atoms with Crippen molar-refractivity contribution < 1.29 is 4.74 Å². The van der Waals surface area contributed by atoms with E-state index >= 15 is 0 Å². The van der Waals surface area contributed by atoms with Gasteiger partial charge in [-0.3, -0.25) is 0 Å². The van der Waals surface area contributed by atoms with Crippen LogP contribution in [-0.2, 0) is 4.74 Å². The van der Waals surface area contributed by atoms with E-state index in [9.17, 15) is 0 Å². The Morgan fingerprint density at radius 1 is 0.895 bits per heavy atom. The lowest BCUT2D eigenvalue weighted by molar-refractivity contribution is -0.203. The molecule has 1 N–H and O–H groups in total. The molecule has 2 fully saturated rings. The van der Waals surface area contributed by atoms with Gasteiger partial charge in [0.1, 0.15) is 0 Å². The zero-order valence-corrected chi connectivity index (χ0v) is 13.4. The van der Waals surface area contributed by atoms with Crippen LogP contribution < -0.4 is 5.32 Å². The van der Waals surface area contributed by atoms with Gasteiger partial charge in [0.2, 0.25) is 0 Å². The predicted molar refractivity (Wildman–Crippen MR) is 81.4 cm³/mol. The van der Waals surface area contributed by atoms with Crippen LogP contribution in [0.5, 0.6) is 0 Å². The van der Waals surface area contributed by atoms with E-state index in [4.69, 9.17) is 4.74 Å². The van der Waals surface area contributed by atoms with Crippen molar-refractivity contribution >= 4 is 0 Å². The first-order valence-electron chi connectivity index (χ1n) is 8.36. The van der Waals surface area contributed by atoms with Crippen molar-refractivity contribution in [3.8, 4) is 0 Å². The summed E-state index contributed by atoms with van der Waals surface area (Å²) >= 11 is 0. The third-order valence-corrected chi connectivity index (χ3v) is 4.65. The monoisotopic (exact) mass is 267 g/mol. The molecule has 0 aromatic carbocycles. The summed E-state index contributed by atoms with van der Waals surface area (Å²) in [5, 5.41) is 3.72. The number of rotatable bonds is 4. The fourth-order valence-corrected chi connectivity index (χ4v) is 4.32. The molecule has 0 radical (unpaired) electrons. The van der Waals surface area contributed by atoms with Crippen LogP contribution in [0.3, 0.4) is 0 Å². The first-order chi connectivity index (χ1) is 8.95. The van der Waals surface area contributed by atoms with Gasteiger partial charge in [-0.05, 0) is 37.5 Å². The van der Waals surface area contributed by atoms with E-state index in [-0.39, 0.29) is 11.2 Å². The Hall–Kier alpha value is -0.0800. The maximum absolute atomic E-state index is 6.86. The van der Waals surface area contributed by atoms with Crippen molar-refractivity contribution in [3.63, 3.8) is 0 Å². The van der Waals surface area contributed by atoms with Crippen molar-refractivity contribution in [2.24, 2.45) is 11.8 Å². The molecule has 112 valence electrons. The van der Waals surface area contributed by atoms with Gasteiger partial charge in [-0.15, -0.1) is 0 Å². The molecule has 2 aliphatic rings. The largest absolute Gasteiger partial charge is 0.366 e. The summed E-state index contributed by atoms with van der Waals surface area (Å²) < 4.78 is 6.86. The Kier molecular flexibility index (Phi) is 4.94. The second-order valence-electron chi connectivity index (χ2n) is 7.83. The number of nitrogens with one attached hydrogen (secondary N) is 1. The minimum Gasteiger partial charge on any atom is -0.366 e. The Morgan fingerprint density at radius 2 is 1.47 bits per heavy atom. The SMILES string of the molecule is CC(C)CC1(CC(C)C)CNCC2(CCCCC2)O1. The summed E-state index contributed by atoms with van der Waals surface area (Å²) in [7, 11) is 0.